The summed E-state index contributed by atoms with van der Waals surface area (Å²) in [6, 6.07) is 8.43. The van der Waals surface area contributed by atoms with E-state index in [1.165, 1.54) is 44.1 Å². The van der Waals surface area contributed by atoms with Gasteiger partial charge in [0.2, 0.25) is 0 Å². The number of nitrogens with one attached hydrogen (secondary N) is 1. The Morgan fingerprint density at radius 1 is 1.04 bits per heavy atom. The molecule has 1 N–H and O–H groups in total. The molecule has 1 aromatic carbocycles. The monoisotopic (exact) mass is 333 g/mol. The van der Waals surface area contributed by atoms with Crippen molar-refractivity contribution in [3.8, 4) is 5.75 Å². The summed E-state index contributed by atoms with van der Waals surface area (Å²) in [4.78, 5) is 0. The van der Waals surface area contributed by atoms with Crippen LogP contribution in [0.2, 0.25) is 0 Å². The van der Waals surface area contributed by atoms with Gasteiger partial charge < -0.3 is 14.8 Å². The first-order valence-corrected chi connectivity index (χ1v) is 9.41. The van der Waals surface area contributed by atoms with Crippen LogP contribution >= 0.6 is 0 Å². The van der Waals surface area contributed by atoms with Crippen molar-refractivity contribution in [1.29, 1.82) is 0 Å². The summed E-state index contributed by atoms with van der Waals surface area (Å²) >= 11 is 0. The Kier molecular flexibility index (Phi) is 8.62. The predicted octanol–water partition coefficient (Wildman–Crippen LogP) is 4.80. The van der Waals surface area contributed by atoms with Gasteiger partial charge in [0.1, 0.15) is 5.75 Å². The molecule has 1 aliphatic carbocycles. The van der Waals surface area contributed by atoms with Gasteiger partial charge in [0.05, 0.1) is 13.2 Å². The van der Waals surface area contributed by atoms with E-state index >= 15 is 0 Å². The van der Waals surface area contributed by atoms with E-state index in [1.54, 1.807) is 0 Å². The topological polar surface area (TPSA) is 30.5 Å². The van der Waals surface area contributed by atoms with Gasteiger partial charge in [0, 0.05) is 24.6 Å². The number of hydrogen-bond acceptors (Lipinski definition) is 3. The van der Waals surface area contributed by atoms with Gasteiger partial charge in [-0.05, 0) is 31.4 Å². The van der Waals surface area contributed by atoms with Gasteiger partial charge in [0.25, 0.3) is 0 Å². The Hall–Kier alpha value is -1.06. The number of ether oxygens (including phenoxy) is 2. The first-order chi connectivity index (χ1) is 11.4. The molecule has 1 saturated heterocycles. The third-order valence-electron chi connectivity index (χ3n) is 5.24. The van der Waals surface area contributed by atoms with Crippen LogP contribution in [-0.4, -0.2) is 26.4 Å². The van der Waals surface area contributed by atoms with E-state index in [0.29, 0.717) is 5.92 Å². The number of hydrogen-bond donors (Lipinski definition) is 1. The van der Waals surface area contributed by atoms with Crippen LogP contribution in [0.5, 0.6) is 5.75 Å². The summed E-state index contributed by atoms with van der Waals surface area (Å²) < 4.78 is 11.5. The Labute approximate surface area is 148 Å². The smallest absolute Gasteiger partial charge is 0.123 e. The molecule has 3 rings (SSSR count). The van der Waals surface area contributed by atoms with Crippen molar-refractivity contribution in [3.63, 3.8) is 0 Å². The van der Waals surface area contributed by atoms with Crippen molar-refractivity contribution in [2.45, 2.75) is 58.9 Å². The molecular formula is C21H35NO2. The van der Waals surface area contributed by atoms with E-state index in [-0.39, 0.29) is 7.43 Å². The van der Waals surface area contributed by atoms with Crippen LogP contribution in [0, 0.1) is 11.8 Å². The lowest BCUT2D eigenvalue weighted by Crippen LogP contribution is -2.20. The fraction of sp³-hybridized carbons (Fsp3) is 0.714. The molecule has 1 aromatic rings. The van der Waals surface area contributed by atoms with Gasteiger partial charge in [0.15, 0.2) is 0 Å². The maximum atomic E-state index is 6.05. The summed E-state index contributed by atoms with van der Waals surface area (Å²) in [6.07, 6.45) is 9.64. The molecular weight excluding hydrogens is 298 g/mol. The van der Waals surface area contributed by atoms with E-state index in [9.17, 15) is 0 Å². The Balaban J connectivity index is 0.00000208. The highest BCUT2D eigenvalue weighted by Crippen LogP contribution is 2.26. The first-order valence-electron chi connectivity index (χ1n) is 9.41. The average Bonchev–Trinajstić information content (AvgIpc) is 3.12. The zero-order valence-electron chi connectivity index (χ0n) is 14.3. The van der Waals surface area contributed by atoms with Crippen molar-refractivity contribution in [2.24, 2.45) is 11.8 Å². The van der Waals surface area contributed by atoms with Crippen LogP contribution in [0.25, 0.3) is 0 Å². The van der Waals surface area contributed by atoms with Crippen LogP contribution in [0.4, 0.5) is 0 Å². The summed E-state index contributed by atoms with van der Waals surface area (Å²) in [5, 5.41) is 3.61. The third-order valence-corrected chi connectivity index (χ3v) is 5.24. The highest BCUT2D eigenvalue weighted by Gasteiger charge is 2.17. The van der Waals surface area contributed by atoms with Crippen molar-refractivity contribution in [1.82, 2.24) is 5.32 Å². The van der Waals surface area contributed by atoms with E-state index in [0.717, 1.165) is 51.0 Å². The molecule has 1 saturated carbocycles. The van der Waals surface area contributed by atoms with Gasteiger partial charge in [-0.2, -0.15) is 0 Å². The highest BCUT2D eigenvalue weighted by molar-refractivity contribution is 5.33. The second-order valence-corrected chi connectivity index (χ2v) is 7.12. The lowest BCUT2D eigenvalue weighted by Gasteiger charge is -2.21. The molecule has 0 aromatic heterocycles. The quantitative estimate of drug-likeness (QED) is 0.693. The zero-order chi connectivity index (χ0) is 15.7. The SMILES string of the molecule is C.c1ccc(OCC2CCOC2)c(CNCCC2CCCCC2)c1. The summed E-state index contributed by atoms with van der Waals surface area (Å²) in [5.41, 5.74) is 1.27. The zero-order valence-corrected chi connectivity index (χ0v) is 14.3. The average molecular weight is 334 g/mol. The van der Waals surface area contributed by atoms with Crippen molar-refractivity contribution >= 4 is 0 Å². The van der Waals surface area contributed by atoms with Crippen LogP contribution < -0.4 is 10.1 Å². The van der Waals surface area contributed by atoms with E-state index in [4.69, 9.17) is 9.47 Å². The van der Waals surface area contributed by atoms with Crippen LogP contribution in [0.15, 0.2) is 24.3 Å². The molecule has 0 bridgehead atoms. The molecule has 0 spiro atoms. The maximum absolute atomic E-state index is 6.05. The number of para-hydroxylation sites is 1. The molecule has 1 heterocycles. The summed E-state index contributed by atoms with van der Waals surface area (Å²) in [5.74, 6) is 2.54. The third kappa shape index (κ3) is 6.10. The predicted molar refractivity (Wildman–Crippen MR) is 100 cm³/mol. The van der Waals surface area contributed by atoms with Crippen LogP contribution in [-0.2, 0) is 11.3 Å². The lowest BCUT2D eigenvalue weighted by molar-refractivity contribution is 0.166. The van der Waals surface area contributed by atoms with Gasteiger partial charge >= 0.3 is 0 Å². The molecule has 136 valence electrons. The van der Waals surface area contributed by atoms with E-state index < -0.39 is 0 Å². The van der Waals surface area contributed by atoms with Crippen molar-refractivity contribution in [3.05, 3.63) is 29.8 Å². The summed E-state index contributed by atoms with van der Waals surface area (Å²) in [6.45, 7) is 4.54. The van der Waals surface area contributed by atoms with Crippen LogP contribution in [0.3, 0.4) is 0 Å². The molecule has 1 aliphatic heterocycles. The molecule has 1 atom stereocenters. The maximum Gasteiger partial charge on any atom is 0.123 e. The van der Waals surface area contributed by atoms with Crippen molar-refractivity contribution in [2.75, 3.05) is 26.4 Å². The Bertz CT molecular complexity index is 451. The first kappa shape index (κ1) is 19.3. The lowest BCUT2D eigenvalue weighted by atomic mass is 9.87. The molecule has 1 unspecified atom stereocenters. The normalized spacial score (nSPS) is 21.4. The fourth-order valence-electron chi connectivity index (χ4n) is 3.72. The molecule has 3 heteroatoms. The highest BCUT2D eigenvalue weighted by atomic mass is 16.5. The second-order valence-electron chi connectivity index (χ2n) is 7.12. The second kappa shape index (κ2) is 10.7. The van der Waals surface area contributed by atoms with E-state index in [1.807, 2.05) is 0 Å². The van der Waals surface area contributed by atoms with Gasteiger partial charge in [-0.3, -0.25) is 0 Å². The molecule has 24 heavy (non-hydrogen) atoms. The standard InChI is InChI=1S/C20H31NO2.CH4/c1-2-6-17(7-3-1)10-12-21-14-19-8-4-5-9-20(19)23-16-18-11-13-22-15-18;/h4-5,8-9,17-18,21H,1-3,6-7,10-16H2;1H4. The number of benzene rings is 1. The molecule has 0 amide bonds. The molecule has 2 fully saturated rings. The molecule has 3 nitrogen and oxygen atoms in total. The number of rotatable bonds is 8. The Morgan fingerprint density at radius 2 is 1.88 bits per heavy atom. The fourth-order valence-corrected chi connectivity index (χ4v) is 3.72. The van der Waals surface area contributed by atoms with Crippen LogP contribution in [0.1, 0.15) is 57.9 Å². The minimum absolute atomic E-state index is 0. The van der Waals surface area contributed by atoms with E-state index in [2.05, 4.69) is 29.6 Å². The minimum atomic E-state index is 0. The molecule has 0 radical (unpaired) electrons. The van der Waals surface area contributed by atoms with Gasteiger partial charge in [-0.1, -0.05) is 57.7 Å². The Morgan fingerprint density at radius 3 is 2.67 bits per heavy atom. The largest absolute Gasteiger partial charge is 0.493 e. The minimum Gasteiger partial charge on any atom is -0.493 e. The van der Waals surface area contributed by atoms with Gasteiger partial charge in [-0.15, -0.1) is 0 Å². The van der Waals surface area contributed by atoms with Crippen molar-refractivity contribution < 1.29 is 9.47 Å². The van der Waals surface area contributed by atoms with Gasteiger partial charge in [-0.25, -0.2) is 0 Å². The summed E-state index contributed by atoms with van der Waals surface area (Å²) in [7, 11) is 0. The molecule has 2 aliphatic rings.